The van der Waals surface area contributed by atoms with Crippen LogP contribution in [-0.2, 0) is 6.42 Å². The first-order valence-electron chi connectivity index (χ1n) is 5.06. The van der Waals surface area contributed by atoms with E-state index in [0.29, 0.717) is 15.8 Å². The second-order valence-corrected chi connectivity index (χ2v) is 4.61. The minimum Gasteiger partial charge on any atom is -0.306 e. The van der Waals surface area contributed by atoms with E-state index in [9.17, 15) is 4.79 Å². The smallest absolute Gasteiger partial charge is 0.267 e. The Hall–Kier alpha value is -1.46. The molecule has 6 heteroatoms. The molecular weight excluding hydrogens is 258 g/mol. The maximum atomic E-state index is 12.0. The second-order valence-electron chi connectivity index (χ2n) is 3.31. The summed E-state index contributed by atoms with van der Waals surface area (Å²) in [5, 5.41) is 4.90. The molecule has 0 aliphatic heterocycles. The molecule has 0 saturated heterocycles. The molecule has 2 heterocycles. The number of rotatable bonds is 3. The van der Waals surface area contributed by atoms with Crippen molar-refractivity contribution >= 4 is 34.7 Å². The molecule has 2 aromatic heterocycles. The van der Waals surface area contributed by atoms with Crippen LogP contribution in [0.2, 0.25) is 5.15 Å². The van der Waals surface area contributed by atoms with Gasteiger partial charge in [-0.1, -0.05) is 18.5 Å². The van der Waals surface area contributed by atoms with Gasteiger partial charge in [-0.3, -0.25) is 4.79 Å². The molecule has 88 valence electrons. The highest BCUT2D eigenvalue weighted by atomic mass is 35.5. The Morgan fingerprint density at radius 3 is 3.06 bits per heavy atom. The van der Waals surface area contributed by atoms with Gasteiger partial charge in [0.2, 0.25) is 0 Å². The number of halogens is 1. The van der Waals surface area contributed by atoms with Crippen molar-refractivity contribution < 1.29 is 4.79 Å². The minimum absolute atomic E-state index is 0.161. The number of hydrogen-bond donors (Lipinski definition) is 1. The van der Waals surface area contributed by atoms with E-state index in [1.54, 1.807) is 0 Å². The number of nitrogens with one attached hydrogen (secondary N) is 1. The van der Waals surface area contributed by atoms with Crippen molar-refractivity contribution in [2.45, 2.75) is 13.3 Å². The number of aromatic nitrogens is 2. The minimum atomic E-state index is -0.161. The number of thiophene rings is 1. The van der Waals surface area contributed by atoms with Crippen LogP contribution in [-0.4, -0.2) is 15.9 Å². The summed E-state index contributed by atoms with van der Waals surface area (Å²) in [6.45, 7) is 2.01. The lowest BCUT2D eigenvalue weighted by molar-refractivity contribution is 0.102. The van der Waals surface area contributed by atoms with Crippen molar-refractivity contribution in [2.75, 3.05) is 5.32 Å². The normalized spacial score (nSPS) is 10.2. The molecule has 2 rings (SSSR count). The lowest BCUT2D eigenvalue weighted by Crippen LogP contribution is -2.13. The number of nitrogens with zero attached hydrogens (tertiary/aromatic N) is 2. The van der Waals surface area contributed by atoms with Gasteiger partial charge in [-0.2, -0.15) is 0 Å². The summed E-state index contributed by atoms with van der Waals surface area (Å²) in [4.78, 5) is 20.3. The molecule has 2 aromatic rings. The van der Waals surface area contributed by atoms with E-state index in [1.807, 2.05) is 18.4 Å². The van der Waals surface area contributed by atoms with Gasteiger partial charge in [-0.15, -0.1) is 11.3 Å². The fourth-order valence-corrected chi connectivity index (χ4v) is 2.43. The van der Waals surface area contributed by atoms with Crippen LogP contribution in [0.25, 0.3) is 0 Å². The van der Waals surface area contributed by atoms with E-state index in [4.69, 9.17) is 11.6 Å². The van der Waals surface area contributed by atoms with Gasteiger partial charge < -0.3 is 5.32 Å². The van der Waals surface area contributed by atoms with Crippen LogP contribution in [0.3, 0.4) is 0 Å². The van der Waals surface area contributed by atoms with E-state index >= 15 is 0 Å². The highest BCUT2D eigenvalue weighted by molar-refractivity contribution is 7.12. The van der Waals surface area contributed by atoms with Gasteiger partial charge in [-0.25, -0.2) is 9.97 Å². The topological polar surface area (TPSA) is 54.9 Å². The van der Waals surface area contributed by atoms with Crippen LogP contribution >= 0.6 is 22.9 Å². The molecule has 0 saturated carbocycles. The van der Waals surface area contributed by atoms with Gasteiger partial charge in [-0.05, 0) is 23.4 Å². The summed E-state index contributed by atoms with van der Waals surface area (Å²) in [5.74, 6) is 0.247. The maximum absolute atomic E-state index is 12.0. The van der Waals surface area contributed by atoms with E-state index in [0.717, 1.165) is 12.0 Å². The molecule has 0 spiro atoms. The van der Waals surface area contributed by atoms with Crippen molar-refractivity contribution in [3.05, 3.63) is 39.4 Å². The zero-order chi connectivity index (χ0) is 12.3. The molecule has 0 unspecified atom stereocenters. The van der Waals surface area contributed by atoms with E-state index < -0.39 is 0 Å². The van der Waals surface area contributed by atoms with Crippen LogP contribution in [0.5, 0.6) is 0 Å². The predicted octanol–water partition coefficient (Wildman–Crippen LogP) is 3.01. The number of anilines is 1. The van der Waals surface area contributed by atoms with E-state index in [2.05, 4.69) is 15.3 Å². The first-order valence-corrected chi connectivity index (χ1v) is 6.31. The largest absolute Gasteiger partial charge is 0.306 e. The first-order chi connectivity index (χ1) is 8.20. The molecule has 1 amide bonds. The van der Waals surface area contributed by atoms with Gasteiger partial charge in [0.15, 0.2) is 0 Å². The summed E-state index contributed by atoms with van der Waals surface area (Å²) in [7, 11) is 0. The van der Waals surface area contributed by atoms with Crippen LogP contribution in [0.4, 0.5) is 5.82 Å². The Labute approximate surface area is 108 Å². The third kappa shape index (κ3) is 2.81. The summed E-state index contributed by atoms with van der Waals surface area (Å²) in [5.41, 5.74) is 1.03. The van der Waals surface area contributed by atoms with Crippen molar-refractivity contribution in [2.24, 2.45) is 0 Å². The lowest BCUT2D eigenvalue weighted by atomic mass is 10.2. The average Bonchev–Trinajstić information content (AvgIpc) is 2.77. The fraction of sp³-hybridized carbons (Fsp3) is 0.182. The zero-order valence-electron chi connectivity index (χ0n) is 9.11. The maximum Gasteiger partial charge on any atom is 0.267 e. The molecule has 0 aromatic carbocycles. The quantitative estimate of drug-likeness (QED) is 0.870. The number of carbonyl (C=O) groups is 1. The third-order valence-corrected chi connectivity index (χ3v) is 3.37. The number of aryl methyl sites for hydroxylation is 1. The fourth-order valence-electron chi connectivity index (χ4n) is 1.39. The molecule has 0 aliphatic carbocycles. The molecule has 1 N–H and O–H groups in total. The number of carbonyl (C=O) groups excluding carboxylic acids is 1. The second kappa shape index (κ2) is 5.25. The summed E-state index contributed by atoms with van der Waals surface area (Å²) in [6, 6.07) is 3.46. The molecule has 0 bridgehead atoms. The van der Waals surface area contributed by atoms with Crippen molar-refractivity contribution in [3.8, 4) is 0 Å². The SMILES string of the molecule is CCc1ccsc1C(=O)Nc1cc(Cl)ncn1. The van der Waals surface area contributed by atoms with Crippen LogP contribution < -0.4 is 5.32 Å². The van der Waals surface area contributed by atoms with Crippen LogP contribution in [0.15, 0.2) is 23.8 Å². The Morgan fingerprint density at radius 2 is 2.35 bits per heavy atom. The summed E-state index contributed by atoms with van der Waals surface area (Å²) in [6.07, 6.45) is 2.14. The van der Waals surface area contributed by atoms with Crippen LogP contribution in [0, 0.1) is 0 Å². The molecule has 4 nitrogen and oxygen atoms in total. The Morgan fingerprint density at radius 1 is 1.53 bits per heavy atom. The first kappa shape index (κ1) is 12.0. The Bertz CT molecular complexity index is 541. The lowest BCUT2D eigenvalue weighted by Gasteiger charge is -2.04. The van der Waals surface area contributed by atoms with Crippen LogP contribution in [0.1, 0.15) is 22.2 Å². The molecule has 0 fully saturated rings. The van der Waals surface area contributed by atoms with Crippen molar-refractivity contribution in [1.82, 2.24) is 9.97 Å². The van der Waals surface area contributed by atoms with Gasteiger partial charge in [0, 0.05) is 6.07 Å². The standard InChI is InChI=1S/C11H10ClN3OS/c1-2-7-3-4-17-10(7)11(16)15-9-5-8(12)13-6-14-9/h3-6H,2H2,1H3,(H,13,14,15,16). The van der Waals surface area contributed by atoms with Crippen molar-refractivity contribution in [3.63, 3.8) is 0 Å². The van der Waals surface area contributed by atoms with Gasteiger partial charge in [0.05, 0.1) is 4.88 Å². The van der Waals surface area contributed by atoms with E-state index in [1.165, 1.54) is 23.7 Å². The van der Waals surface area contributed by atoms with Crippen molar-refractivity contribution in [1.29, 1.82) is 0 Å². The molecule has 0 radical (unpaired) electrons. The molecule has 17 heavy (non-hydrogen) atoms. The zero-order valence-corrected chi connectivity index (χ0v) is 10.7. The molecule has 0 aliphatic rings. The average molecular weight is 268 g/mol. The highest BCUT2D eigenvalue weighted by Crippen LogP contribution is 2.19. The summed E-state index contributed by atoms with van der Waals surface area (Å²) < 4.78 is 0. The number of amides is 1. The molecule has 0 atom stereocenters. The third-order valence-electron chi connectivity index (χ3n) is 2.21. The molecular formula is C11H10ClN3OS. The van der Waals surface area contributed by atoms with E-state index in [-0.39, 0.29) is 5.91 Å². The predicted molar refractivity (Wildman–Crippen MR) is 68.7 cm³/mol. The van der Waals surface area contributed by atoms with Gasteiger partial charge in [0.1, 0.15) is 17.3 Å². The Kier molecular flexibility index (Phi) is 3.71. The number of hydrogen-bond acceptors (Lipinski definition) is 4. The highest BCUT2D eigenvalue weighted by Gasteiger charge is 2.12. The van der Waals surface area contributed by atoms with Gasteiger partial charge in [0.25, 0.3) is 5.91 Å². The Balaban J connectivity index is 2.17. The summed E-state index contributed by atoms with van der Waals surface area (Å²) >= 11 is 7.13. The van der Waals surface area contributed by atoms with Gasteiger partial charge >= 0.3 is 0 Å². The monoisotopic (exact) mass is 267 g/mol.